The van der Waals surface area contributed by atoms with Crippen molar-refractivity contribution in [2.24, 2.45) is 5.73 Å². The Balaban J connectivity index is 0.00000289. The molecule has 2 N–H and O–H groups in total. The van der Waals surface area contributed by atoms with E-state index < -0.39 is 24.5 Å². The Kier molecular flexibility index (Phi) is 6.42. The predicted octanol–water partition coefficient (Wildman–Crippen LogP) is 3.50. The third kappa shape index (κ3) is 4.03. The van der Waals surface area contributed by atoms with Crippen molar-refractivity contribution in [3.05, 3.63) is 29.3 Å². The van der Waals surface area contributed by atoms with Crippen molar-refractivity contribution in [3.8, 4) is 5.75 Å². The van der Waals surface area contributed by atoms with Crippen LogP contribution in [0.15, 0.2) is 18.2 Å². The van der Waals surface area contributed by atoms with Gasteiger partial charge >= 0.3 is 6.18 Å². The minimum atomic E-state index is -4.43. The van der Waals surface area contributed by atoms with E-state index in [-0.39, 0.29) is 24.6 Å². The van der Waals surface area contributed by atoms with Gasteiger partial charge in [-0.15, -0.1) is 12.4 Å². The van der Waals surface area contributed by atoms with Crippen molar-refractivity contribution in [1.82, 2.24) is 0 Å². The quantitative estimate of drug-likeness (QED) is 0.860. The van der Waals surface area contributed by atoms with E-state index in [9.17, 15) is 17.6 Å². The van der Waals surface area contributed by atoms with E-state index >= 15 is 0 Å². The summed E-state index contributed by atoms with van der Waals surface area (Å²) in [6.45, 7) is -0.634. The summed E-state index contributed by atoms with van der Waals surface area (Å²) in [5, 5.41) is 0. The lowest BCUT2D eigenvalue weighted by atomic mass is 10.0. The van der Waals surface area contributed by atoms with Crippen LogP contribution in [0.3, 0.4) is 0 Å². The summed E-state index contributed by atoms with van der Waals surface area (Å²) in [5.41, 5.74) is 5.20. The fraction of sp³-hybridized carbons (Fsp3) is 0.455. The molecule has 0 aromatic heterocycles. The Labute approximate surface area is 109 Å². The van der Waals surface area contributed by atoms with Gasteiger partial charge in [-0.05, 0) is 18.6 Å². The molecule has 1 aromatic carbocycles. The van der Waals surface area contributed by atoms with Crippen LogP contribution in [0.2, 0.25) is 0 Å². The number of halogens is 5. The van der Waals surface area contributed by atoms with E-state index in [1.807, 2.05) is 0 Å². The molecule has 0 aliphatic carbocycles. The molecule has 0 spiro atoms. The molecule has 0 radical (unpaired) electrons. The van der Waals surface area contributed by atoms with Crippen LogP contribution in [0.5, 0.6) is 5.75 Å². The van der Waals surface area contributed by atoms with Crippen LogP contribution in [0.4, 0.5) is 17.6 Å². The van der Waals surface area contributed by atoms with Gasteiger partial charge in [0.2, 0.25) is 0 Å². The van der Waals surface area contributed by atoms with Crippen molar-refractivity contribution in [1.29, 1.82) is 0 Å². The summed E-state index contributed by atoms with van der Waals surface area (Å²) in [6, 6.07) is 2.34. The van der Waals surface area contributed by atoms with Crippen molar-refractivity contribution in [2.45, 2.75) is 18.6 Å². The molecule has 0 aliphatic rings. The van der Waals surface area contributed by atoms with Gasteiger partial charge in [-0.3, -0.25) is 4.39 Å². The SMILES string of the molecule is COc1cc(C(F)(F)F)ccc1[C@@H](N)CCF.Cl. The zero-order chi connectivity index (χ0) is 13.1. The molecular weight excluding hydrogens is 274 g/mol. The lowest BCUT2D eigenvalue weighted by Crippen LogP contribution is -2.13. The summed E-state index contributed by atoms with van der Waals surface area (Å²) in [5.74, 6) is 0.0285. The maximum absolute atomic E-state index is 12.4. The topological polar surface area (TPSA) is 35.2 Å². The Morgan fingerprint density at radius 1 is 1.33 bits per heavy atom. The first-order chi connectivity index (χ1) is 7.90. The van der Waals surface area contributed by atoms with Crippen LogP contribution in [-0.2, 0) is 6.18 Å². The van der Waals surface area contributed by atoms with E-state index in [2.05, 4.69) is 0 Å². The van der Waals surface area contributed by atoms with E-state index in [0.29, 0.717) is 5.56 Å². The molecule has 1 aromatic rings. The van der Waals surface area contributed by atoms with E-state index in [4.69, 9.17) is 10.5 Å². The number of benzene rings is 1. The molecule has 0 aliphatic heterocycles. The number of methoxy groups -OCH3 is 1. The number of hydrogen-bond acceptors (Lipinski definition) is 2. The van der Waals surface area contributed by atoms with Crippen LogP contribution in [0, 0.1) is 0 Å². The summed E-state index contributed by atoms with van der Waals surface area (Å²) in [4.78, 5) is 0. The molecule has 18 heavy (non-hydrogen) atoms. The highest BCUT2D eigenvalue weighted by Crippen LogP contribution is 2.35. The second-order valence-electron chi connectivity index (χ2n) is 3.54. The molecule has 1 atom stereocenters. The van der Waals surface area contributed by atoms with Crippen LogP contribution >= 0.6 is 12.4 Å². The summed E-state index contributed by atoms with van der Waals surface area (Å²) < 4.78 is 54.3. The first-order valence-electron chi connectivity index (χ1n) is 4.96. The van der Waals surface area contributed by atoms with Gasteiger partial charge in [0, 0.05) is 11.6 Å². The van der Waals surface area contributed by atoms with Crippen molar-refractivity contribution >= 4 is 12.4 Å². The molecular formula is C11H14ClF4NO. The van der Waals surface area contributed by atoms with Gasteiger partial charge in [-0.2, -0.15) is 13.2 Å². The Bertz CT molecular complexity index is 384. The molecule has 2 nitrogen and oxygen atoms in total. The van der Waals surface area contributed by atoms with E-state index in [0.717, 1.165) is 12.1 Å². The van der Waals surface area contributed by atoms with Gasteiger partial charge in [-0.25, -0.2) is 0 Å². The molecule has 104 valence electrons. The normalized spacial score (nSPS) is 12.8. The number of hydrogen-bond donors (Lipinski definition) is 1. The first kappa shape index (κ1) is 17.0. The van der Waals surface area contributed by atoms with Crippen molar-refractivity contribution in [2.75, 3.05) is 13.8 Å². The standard InChI is InChI=1S/C11H13F4NO.ClH/c1-17-10-6-7(11(13,14)15)2-3-8(10)9(16)4-5-12;/h2-3,6,9H,4-5,16H2,1H3;1H/t9-;/m0./s1. The summed E-state index contributed by atoms with van der Waals surface area (Å²) in [7, 11) is 1.25. The first-order valence-corrected chi connectivity index (χ1v) is 4.96. The van der Waals surface area contributed by atoms with E-state index in [1.54, 1.807) is 0 Å². The highest BCUT2D eigenvalue weighted by molar-refractivity contribution is 5.85. The van der Waals surface area contributed by atoms with Gasteiger partial charge in [0.15, 0.2) is 0 Å². The molecule has 0 saturated heterocycles. The molecule has 0 heterocycles. The molecule has 0 amide bonds. The Morgan fingerprint density at radius 3 is 2.39 bits per heavy atom. The highest BCUT2D eigenvalue weighted by Gasteiger charge is 2.31. The van der Waals surface area contributed by atoms with Crippen LogP contribution in [0.1, 0.15) is 23.6 Å². The summed E-state index contributed by atoms with van der Waals surface area (Å²) >= 11 is 0. The Hall–Kier alpha value is -1.01. The lowest BCUT2D eigenvalue weighted by Gasteiger charge is -2.16. The van der Waals surface area contributed by atoms with E-state index in [1.165, 1.54) is 13.2 Å². The molecule has 1 rings (SSSR count). The second-order valence-corrected chi connectivity index (χ2v) is 3.54. The Morgan fingerprint density at radius 2 is 1.94 bits per heavy atom. The van der Waals surface area contributed by atoms with Crippen molar-refractivity contribution < 1.29 is 22.3 Å². The minimum absolute atomic E-state index is 0. The average Bonchev–Trinajstić information content (AvgIpc) is 2.27. The van der Waals surface area contributed by atoms with Gasteiger partial charge < -0.3 is 10.5 Å². The molecule has 0 unspecified atom stereocenters. The lowest BCUT2D eigenvalue weighted by molar-refractivity contribution is -0.137. The maximum atomic E-state index is 12.4. The van der Waals surface area contributed by atoms with Gasteiger partial charge in [0.05, 0.1) is 19.3 Å². The number of rotatable bonds is 4. The third-order valence-electron chi connectivity index (χ3n) is 2.38. The van der Waals surface area contributed by atoms with Crippen molar-refractivity contribution in [3.63, 3.8) is 0 Å². The average molecular weight is 288 g/mol. The monoisotopic (exact) mass is 287 g/mol. The molecule has 0 bridgehead atoms. The minimum Gasteiger partial charge on any atom is -0.496 e. The highest BCUT2D eigenvalue weighted by atomic mass is 35.5. The largest absolute Gasteiger partial charge is 0.496 e. The second kappa shape index (κ2) is 6.80. The predicted molar refractivity (Wildman–Crippen MR) is 62.8 cm³/mol. The van der Waals surface area contributed by atoms with Crippen LogP contribution in [-0.4, -0.2) is 13.8 Å². The molecule has 0 fully saturated rings. The zero-order valence-electron chi connectivity index (χ0n) is 9.63. The van der Waals surface area contributed by atoms with Crippen LogP contribution in [0.25, 0.3) is 0 Å². The van der Waals surface area contributed by atoms with Gasteiger partial charge in [0.1, 0.15) is 5.75 Å². The number of ether oxygens (including phenoxy) is 1. The van der Waals surface area contributed by atoms with Gasteiger partial charge in [-0.1, -0.05) is 6.07 Å². The van der Waals surface area contributed by atoms with Crippen LogP contribution < -0.4 is 10.5 Å². The summed E-state index contributed by atoms with van der Waals surface area (Å²) in [6.07, 6.45) is -4.39. The number of nitrogens with two attached hydrogens (primary N) is 1. The number of alkyl halides is 4. The third-order valence-corrected chi connectivity index (χ3v) is 2.38. The van der Waals surface area contributed by atoms with Gasteiger partial charge in [0.25, 0.3) is 0 Å². The molecule has 0 saturated carbocycles. The zero-order valence-corrected chi connectivity index (χ0v) is 10.4. The molecule has 7 heteroatoms. The fourth-order valence-corrected chi connectivity index (χ4v) is 1.47. The fourth-order valence-electron chi connectivity index (χ4n) is 1.47. The maximum Gasteiger partial charge on any atom is 0.416 e. The smallest absolute Gasteiger partial charge is 0.416 e.